The lowest BCUT2D eigenvalue weighted by atomic mass is 10.00. The normalized spacial score (nSPS) is 10.6. The Morgan fingerprint density at radius 3 is 2.65 bits per heavy atom. The largest absolute Gasteiger partial charge is 0.299 e. The summed E-state index contributed by atoms with van der Waals surface area (Å²) in [6, 6.07) is 3.27. The van der Waals surface area contributed by atoms with Gasteiger partial charge in [-0.25, -0.2) is 4.39 Å². The highest BCUT2D eigenvalue weighted by Gasteiger charge is 2.17. The van der Waals surface area contributed by atoms with Crippen molar-refractivity contribution in [3.63, 3.8) is 0 Å². The topological polar surface area (TPSA) is 60.2 Å². The minimum Gasteiger partial charge on any atom is -0.299 e. The number of nitrogens with zero attached hydrogens (tertiary/aromatic N) is 1. The van der Waals surface area contributed by atoms with E-state index >= 15 is 0 Å². The van der Waals surface area contributed by atoms with E-state index in [4.69, 9.17) is 0 Å². The first-order chi connectivity index (χ1) is 7.90. The Bertz CT molecular complexity index is 443. The van der Waals surface area contributed by atoms with Gasteiger partial charge in [0.1, 0.15) is 11.6 Å². The minimum atomic E-state index is -0.670. The lowest BCUT2D eigenvalue weighted by molar-refractivity contribution is -0.385. The molecule has 0 unspecified atom stereocenters. The fraction of sp³-hybridized carbons (Fsp3) is 0.417. The molecular formula is C12H14FNO3. The molecule has 5 heteroatoms. The second kappa shape index (κ2) is 5.52. The molecule has 1 aromatic rings. The Balaban J connectivity index is 2.91. The van der Waals surface area contributed by atoms with Crippen LogP contribution in [0.5, 0.6) is 0 Å². The number of hydrogen-bond donors (Lipinski definition) is 0. The van der Waals surface area contributed by atoms with E-state index in [2.05, 4.69) is 0 Å². The quantitative estimate of drug-likeness (QED) is 0.586. The molecule has 0 saturated carbocycles. The van der Waals surface area contributed by atoms with E-state index in [1.165, 1.54) is 6.07 Å². The van der Waals surface area contributed by atoms with Gasteiger partial charge in [-0.3, -0.25) is 14.9 Å². The Kier molecular flexibility index (Phi) is 4.31. The monoisotopic (exact) mass is 239 g/mol. The van der Waals surface area contributed by atoms with E-state index in [1.807, 2.05) is 13.8 Å². The molecule has 0 amide bonds. The number of halogens is 1. The van der Waals surface area contributed by atoms with Crippen molar-refractivity contribution in [2.45, 2.75) is 26.7 Å². The number of carbonyl (C=O) groups excluding carboxylic acids is 1. The molecule has 0 heterocycles. The number of hydrogen-bond acceptors (Lipinski definition) is 3. The summed E-state index contributed by atoms with van der Waals surface area (Å²) in [7, 11) is 0. The Labute approximate surface area is 98.6 Å². The van der Waals surface area contributed by atoms with Gasteiger partial charge >= 0.3 is 0 Å². The number of nitro benzene ring substituents is 1. The van der Waals surface area contributed by atoms with Gasteiger partial charge < -0.3 is 0 Å². The van der Waals surface area contributed by atoms with E-state index in [1.54, 1.807) is 0 Å². The van der Waals surface area contributed by atoms with Crippen molar-refractivity contribution in [1.82, 2.24) is 0 Å². The molecule has 4 nitrogen and oxygen atoms in total. The van der Waals surface area contributed by atoms with Gasteiger partial charge in [0.2, 0.25) is 0 Å². The van der Waals surface area contributed by atoms with Crippen LogP contribution in [0.2, 0.25) is 0 Å². The van der Waals surface area contributed by atoms with Crippen LogP contribution in [0.3, 0.4) is 0 Å². The van der Waals surface area contributed by atoms with Gasteiger partial charge in [0, 0.05) is 18.4 Å². The molecule has 0 aliphatic carbocycles. The molecule has 92 valence electrons. The molecule has 0 atom stereocenters. The minimum absolute atomic E-state index is 0.0191. The number of carbonyl (C=O) groups is 1. The molecule has 0 radical (unpaired) electrons. The van der Waals surface area contributed by atoms with Crippen molar-refractivity contribution in [2.75, 3.05) is 0 Å². The van der Waals surface area contributed by atoms with Crippen LogP contribution >= 0.6 is 0 Å². The van der Waals surface area contributed by atoms with Gasteiger partial charge in [-0.2, -0.15) is 0 Å². The first-order valence-electron chi connectivity index (χ1n) is 5.34. The number of ketones is 1. The molecule has 0 aromatic heterocycles. The Hall–Kier alpha value is -1.78. The number of nitro groups is 1. The summed E-state index contributed by atoms with van der Waals surface area (Å²) in [6.45, 7) is 3.80. The second-order valence-corrected chi connectivity index (χ2v) is 4.34. The molecule has 0 N–H and O–H groups in total. The molecule has 0 spiro atoms. The van der Waals surface area contributed by atoms with Crippen molar-refractivity contribution < 1.29 is 14.1 Å². The number of benzene rings is 1. The molecule has 0 fully saturated rings. The van der Waals surface area contributed by atoms with Gasteiger partial charge in [-0.15, -0.1) is 0 Å². The van der Waals surface area contributed by atoms with Crippen molar-refractivity contribution in [2.24, 2.45) is 5.92 Å². The summed E-state index contributed by atoms with van der Waals surface area (Å²) >= 11 is 0. The van der Waals surface area contributed by atoms with Crippen LogP contribution < -0.4 is 0 Å². The van der Waals surface area contributed by atoms with Crippen LogP contribution in [0, 0.1) is 21.8 Å². The van der Waals surface area contributed by atoms with Crippen LogP contribution in [-0.4, -0.2) is 10.7 Å². The van der Waals surface area contributed by atoms with Gasteiger partial charge in [-0.1, -0.05) is 13.8 Å². The summed E-state index contributed by atoms with van der Waals surface area (Å²) < 4.78 is 12.9. The van der Waals surface area contributed by atoms with E-state index in [9.17, 15) is 19.3 Å². The van der Waals surface area contributed by atoms with Crippen LogP contribution in [0.1, 0.15) is 25.8 Å². The van der Waals surface area contributed by atoms with Crippen LogP contribution in [0.4, 0.5) is 10.1 Å². The highest BCUT2D eigenvalue weighted by atomic mass is 19.1. The molecule has 0 saturated heterocycles. The van der Waals surface area contributed by atoms with Crippen molar-refractivity contribution >= 4 is 11.5 Å². The van der Waals surface area contributed by atoms with Gasteiger partial charge in [0.15, 0.2) is 0 Å². The van der Waals surface area contributed by atoms with Crippen LogP contribution in [0.15, 0.2) is 18.2 Å². The van der Waals surface area contributed by atoms with Crippen molar-refractivity contribution in [3.8, 4) is 0 Å². The highest BCUT2D eigenvalue weighted by molar-refractivity contribution is 5.82. The summed E-state index contributed by atoms with van der Waals surface area (Å²) in [5, 5.41) is 10.7. The summed E-state index contributed by atoms with van der Waals surface area (Å²) in [5.74, 6) is -0.534. The Morgan fingerprint density at radius 2 is 2.12 bits per heavy atom. The third-order valence-corrected chi connectivity index (χ3v) is 2.27. The second-order valence-electron chi connectivity index (χ2n) is 4.34. The molecule has 0 aliphatic heterocycles. The lowest BCUT2D eigenvalue weighted by Crippen LogP contribution is -2.08. The standard InChI is InChI=1S/C12H14FNO3/c1-8(2)5-11(15)6-9-3-4-10(13)7-12(9)14(16)17/h3-4,7-8H,5-6H2,1-2H3. The SMILES string of the molecule is CC(C)CC(=O)Cc1ccc(F)cc1[N+](=O)[O-]. The first-order valence-corrected chi connectivity index (χ1v) is 5.34. The average Bonchev–Trinajstić information content (AvgIpc) is 2.19. The summed E-state index contributed by atoms with van der Waals surface area (Å²) in [6.07, 6.45) is 0.351. The molecule has 1 rings (SSSR count). The Morgan fingerprint density at radius 1 is 1.47 bits per heavy atom. The highest BCUT2D eigenvalue weighted by Crippen LogP contribution is 2.21. The number of Topliss-reactive ketones (excluding diaryl/α,β-unsaturated/α-hetero) is 1. The molecule has 1 aromatic carbocycles. The maximum absolute atomic E-state index is 12.9. The van der Waals surface area contributed by atoms with Crippen LogP contribution in [-0.2, 0) is 11.2 Å². The van der Waals surface area contributed by atoms with E-state index in [0.717, 1.165) is 12.1 Å². The predicted molar refractivity (Wildman–Crippen MR) is 61.2 cm³/mol. The maximum atomic E-state index is 12.9. The van der Waals surface area contributed by atoms with Crippen LogP contribution in [0.25, 0.3) is 0 Å². The predicted octanol–water partition coefficient (Wildman–Crippen LogP) is 2.89. The zero-order chi connectivity index (χ0) is 13.0. The molecule has 17 heavy (non-hydrogen) atoms. The summed E-state index contributed by atoms with van der Waals surface area (Å²) in [4.78, 5) is 21.6. The van der Waals surface area contributed by atoms with Crippen molar-refractivity contribution in [1.29, 1.82) is 0 Å². The van der Waals surface area contributed by atoms with E-state index in [0.29, 0.717) is 6.42 Å². The molecular weight excluding hydrogens is 225 g/mol. The molecule has 0 bridgehead atoms. The average molecular weight is 239 g/mol. The van der Waals surface area contributed by atoms with Crippen molar-refractivity contribution in [3.05, 3.63) is 39.7 Å². The van der Waals surface area contributed by atoms with Gasteiger partial charge in [0.25, 0.3) is 5.69 Å². The zero-order valence-corrected chi connectivity index (χ0v) is 9.77. The fourth-order valence-corrected chi connectivity index (χ4v) is 1.60. The lowest BCUT2D eigenvalue weighted by Gasteiger charge is -2.05. The third-order valence-electron chi connectivity index (χ3n) is 2.27. The van der Waals surface area contributed by atoms with Gasteiger partial charge in [-0.05, 0) is 18.1 Å². The first kappa shape index (κ1) is 13.3. The zero-order valence-electron chi connectivity index (χ0n) is 9.77. The third kappa shape index (κ3) is 3.94. The smallest absolute Gasteiger partial charge is 0.275 e. The molecule has 0 aliphatic rings. The maximum Gasteiger partial charge on any atom is 0.275 e. The fourth-order valence-electron chi connectivity index (χ4n) is 1.60. The number of rotatable bonds is 5. The van der Waals surface area contributed by atoms with E-state index in [-0.39, 0.29) is 29.4 Å². The van der Waals surface area contributed by atoms with Gasteiger partial charge in [0.05, 0.1) is 11.0 Å². The van der Waals surface area contributed by atoms with E-state index < -0.39 is 10.7 Å². The summed E-state index contributed by atoms with van der Waals surface area (Å²) in [5.41, 5.74) is -0.0656.